The smallest absolute Gasteiger partial charge is 0.256 e. The second kappa shape index (κ2) is 5.45. The van der Waals surface area contributed by atoms with Gasteiger partial charge in [-0.25, -0.2) is 4.98 Å². The maximum absolute atomic E-state index is 12.0. The number of aromatic nitrogens is 1. The number of amides is 1. The molecule has 1 aromatic carbocycles. The van der Waals surface area contributed by atoms with Gasteiger partial charge in [-0.2, -0.15) is 0 Å². The molecule has 3 nitrogen and oxygen atoms in total. The molecule has 1 aromatic heterocycles. The lowest BCUT2D eigenvalue weighted by Crippen LogP contribution is -2.13. The van der Waals surface area contributed by atoms with Crippen molar-refractivity contribution in [2.45, 2.75) is 20.3 Å². The molecule has 1 amide bonds. The van der Waals surface area contributed by atoms with Crippen LogP contribution in [0.3, 0.4) is 0 Å². The van der Waals surface area contributed by atoms with Crippen LogP contribution in [0.4, 0.5) is 5.82 Å². The molecule has 0 aliphatic rings. The van der Waals surface area contributed by atoms with Crippen LogP contribution in [-0.2, 0) is 6.42 Å². The molecular weight excluding hydrogens is 224 g/mol. The Bertz CT molecular complexity index is 547. The molecule has 1 N–H and O–H groups in total. The van der Waals surface area contributed by atoms with Gasteiger partial charge in [-0.1, -0.05) is 25.1 Å². The second-order valence-corrected chi connectivity index (χ2v) is 4.17. The van der Waals surface area contributed by atoms with E-state index in [1.54, 1.807) is 6.20 Å². The van der Waals surface area contributed by atoms with Crippen molar-refractivity contribution in [1.82, 2.24) is 4.98 Å². The Morgan fingerprint density at radius 3 is 2.56 bits per heavy atom. The summed E-state index contributed by atoms with van der Waals surface area (Å²) in [5, 5.41) is 2.81. The van der Waals surface area contributed by atoms with Crippen LogP contribution in [0.15, 0.2) is 42.6 Å². The summed E-state index contributed by atoms with van der Waals surface area (Å²) in [6.07, 6.45) is 2.64. The number of nitrogens with zero attached hydrogens (tertiary/aromatic N) is 1. The van der Waals surface area contributed by atoms with E-state index in [1.165, 1.54) is 5.56 Å². The van der Waals surface area contributed by atoms with E-state index in [9.17, 15) is 4.79 Å². The van der Waals surface area contributed by atoms with Crippen molar-refractivity contribution in [3.05, 3.63) is 59.3 Å². The predicted molar refractivity (Wildman–Crippen MR) is 72.7 cm³/mol. The number of hydrogen-bond donors (Lipinski definition) is 1. The quantitative estimate of drug-likeness (QED) is 0.895. The third-order valence-electron chi connectivity index (χ3n) is 2.87. The van der Waals surface area contributed by atoms with E-state index in [2.05, 4.69) is 17.2 Å². The standard InChI is InChI=1S/C15H16N2O/c1-3-12-6-8-13(9-7-12)15(18)17-14-11(2)5-4-10-16-14/h4-10H,3H2,1-2H3,(H,16,17,18). The molecule has 1 heterocycles. The SMILES string of the molecule is CCc1ccc(C(=O)Nc2ncccc2C)cc1. The van der Waals surface area contributed by atoms with Crippen LogP contribution in [0.2, 0.25) is 0 Å². The Balaban J connectivity index is 2.14. The van der Waals surface area contributed by atoms with Gasteiger partial charge in [0, 0.05) is 11.8 Å². The van der Waals surface area contributed by atoms with Gasteiger partial charge in [0.15, 0.2) is 0 Å². The second-order valence-electron chi connectivity index (χ2n) is 4.17. The zero-order valence-electron chi connectivity index (χ0n) is 10.6. The lowest BCUT2D eigenvalue weighted by Gasteiger charge is -2.07. The summed E-state index contributed by atoms with van der Waals surface area (Å²) in [5.41, 5.74) is 2.83. The molecule has 0 fully saturated rings. The molecule has 0 bridgehead atoms. The van der Waals surface area contributed by atoms with E-state index in [0.29, 0.717) is 11.4 Å². The summed E-state index contributed by atoms with van der Waals surface area (Å²) in [6, 6.07) is 11.4. The van der Waals surface area contributed by atoms with Crippen LogP contribution in [-0.4, -0.2) is 10.9 Å². The predicted octanol–water partition coefficient (Wildman–Crippen LogP) is 3.20. The van der Waals surface area contributed by atoms with Gasteiger partial charge in [0.1, 0.15) is 5.82 Å². The van der Waals surface area contributed by atoms with E-state index in [1.807, 2.05) is 43.3 Å². The normalized spacial score (nSPS) is 10.1. The number of aryl methyl sites for hydroxylation is 2. The largest absolute Gasteiger partial charge is 0.306 e. The highest BCUT2D eigenvalue weighted by atomic mass is 16.1. The number of carbonyl (C=O) groups is 1. The lowest BCUT2D eigenvalue weighted by molar-refractivity contribution is 0.102. The Hall–Kier alpha value is -2.16. The minimum absolute atomic E-state index is 0.126. The first-order valence-corrected chi connectivity index (χ1v) is 6.02. The van der Waals surface area contributed by atoms with Gasteiger partial charge in [0.2, 0.25) is 0 Å². The number of hydrogen-bond acceptors (Lipinski definition) is 2. The number of rotatable bonds is 3. The number of benzene rings is 1. The molecule has 0 aliphatic carbocycles. The summed E-state index contributed by atoms with van der Waals surface area (Å²) in [7, 11) is 0. The number of anilines is 1. The van der Waals surface area contributed by atoms with Gasteiger partial charge in [0.25, 0.3) is 5.91 Å². The summed E-state index contributed by atoms with van der Waals surface area (Å²) in [4.78, 5) is 16.2. The summed E-state index contributed by atoms with van der Waals surface area (Å²) in [5.74, 6) is 0.488. The van der Waals surface area contributed by atoms with E-state index < -0.39 is 0 Å². The molecule has 0 aliphatic heterocycles. The molecule has 0 saturated carbocycles. The number of carbonyl (C=O) groups excluding carboxylic acids is 1. The van der Waals surface area contributed by atoms with Crippen molar-refractivity contribution in [2.24, 2.45) is 0 Å². The lowest BCUT2D eigenvalue weighted by atomic mass is 10.1. The molecule has 0 atom stereocenters. The van der Waals surface area contributed by atoms with Gasteiger partial charge in [-0.05, 0) is 42.7 Å². The highest BCUT2D eigenvalue weighted by Crippen LogP contribution is 2.12. The molecule has 2 aromatic rings. The third-order valence-corrected chi connectivity index (χ3v) is 2.87. The zero-order chi connectivity index (χ0) is 13.0. The Labute approximate surface area is 107 Å². The highest BCUT2D eigenvalue weighted by Gasteiger charge is 2.07. The van der Waals surface area contributed by atoms with E-state index in [4.69, 9.17) is 0 Å². The Morgan fingerprint density at radius 1 is 1.22 bits per heavy atom. The molecule has 0 radical (unpaired) electrons. The first-order valence-electron chi connectivity index (χ1n) is 6.02. The molecule has 3 heteroatoms. The summed E-state index contributed by atoms with van der Waals surface area (Å²) < 4.78 is 0. The third kappa shape index (κ3) is 2.74. The number of pyridine rings is 1. The fraction of sp³-hybridized carbons (Fsp3) is 0.200. The topological polar surface area (TPSA) is 42.0 Å². The molecule has 92 valence electrons. The minimum atomic E-state index is -0.126. The number of nitrogens with one attached hydrogen (secondary N) is 1. The van der Waals surface area contributed by atoms with Gasteiger partial charge < -0.3 is 5.32 Å². The van der Waals surface area contributed by atoms with Crippen LogP contribution in [0, 0.1) is 6.92 Å². The Morgan fingerprint density at radius 2 is 1.94 bits per heavy atom. The molecular formula is C15H16N2O. The van der Waals surface area contributed by atoms with Crippen LogP contribution in [0.25, 0.3) is 0 Å². The maximum atomic E-state index is 12.0. The van der Waals surface area contributed by atoms with Gasteiger partial charge in [-0.15, -0.1) is 0 Å². The first kappa shape index (κ1) is 12.3. The highest BCUT2D eigenvalue weighted by molar-refractivity contribution is 6.04. The minimum Gasteiger partial charge on any atom is -0.306 e. The van der Waals surface area contributed by atoms with Crippen molar-refractivity contribution in [3.8, 4) is 0 Å². The van der Waals surface area contributed by atoms with Gasteiger partial charge in [0.05, 0.1) is 0 Å². The fourth-order valence-electron chi connectivity index (χ4n) is 1.69. The van der Waals surface area contributed by atoms with E-state index in [0.717, 1.165) is 12.0 Å². The van der Waals surface area contributed by atoms with Crippen molar-refractivity contribution in [2.75, 3.05) is 5.32 Å². The summed E-state index contributed by atoms with van der Waals surface area (Å²) >= 11 is 0. The Kier molecular flexibility index (Phi) is 3.72. The molecule has 0 unspecified atom stereocenters. The summed E-state index contributed by atoms with van der Waals surface area (Å²) in [6.45, 7) is 4.01. The van der Waals surface area contributed by atoms with E-state index >= 15 is 0 Å². The van der Waals surface area contributed by atoms with Crippen molar-refractivity contribution in [1.29, 1.82) is 0 Å². The van der Waals surface area contributed by atoms with Crippen molar-refractivity contribution >= 4 is 11.7 Å². The van der Waals surface area contributed by atoms with Crippen LogP contribution >= 0.6 is 0 Å². The van der Waals surface area contributed by atoms with Crippen molar-refractivity contribution in [3.63, 3.8) is 0 Å². The zero-order valence-corrected chi connectivity index (χ0v) is 10.6. The van der Waals surface area contributed by atoms with Gasteiger partial charge >= 0.3 is 0 Å². The maximum Gasteiger partial charge on any atom is 0.256 e. The average Bonchev–Trinajstić information content (AvgIpc) is 2.41. The molecule has 0 saturated heterocycles. The average molecular weight is 240 g/mol. The molecule has 2 rings (SSSR count). The molecule has 0 spiro atoms. The van der Waals surface area contributed by atoms with Crippen LogP contribution in [0.1, 0.15) is 28.4 Å². The van der Waals surface area contributed by atoms with Crippen molar-refractivity contribution < 1.29 is 4.79 Å². The van der Waals surface area contributed by atoms with Gasteiger partial charge in [-0.3, -0.25) is 4.79 Å². The van der Waals surface area contributed by atoms with Crippen LogP contribution in [0.5, 0.6) is 0 Å². The molecule has 18 heavy (non-hydrogen) atoms. The monoisotopic (exact) mass is 240 g/mol. The van der Waals surface area contributed by atoms with Crippen LogP contribution < -0.4 is 5.32 Å². The van der Waals surface area contributed by atoms with E-state index in [-0.39, 0.29) is 5.91 Å². The first-order chi connectivity index (χ1) is 8.70. The fourth-order valence-corrected chi connectivity index (χ4v) is 1.69.